The molecule has 0 aromatic carbocycles. The highest BCUT2D eigenvalue weighted by Gasteiger charge is 1.86. The Kier molecular flexibility index (Phi) is 2.53. The Morgan fingerprint density at radius 1 is 2.00 bits per heavy atom. The zero-order valence-corrected chi connectivity index (χ0v) is 3.68. The maximum Gasteiger partial charge on any atom is 0.256 e. The molecule has 0 aliphatic heterocycles. The molecule has 0 radical (unpaired) electrons. The molecule has 0 fully saturated rings. The van der Waals surface area contributed by atoms with Crippen LogP contribution < -0.4 is 5.73 Å². The minimum atomic E-state index is -0.557. The number of hydrogen-bond donors (Lipinski definition) is 1. The maximum atomic E-state index is 9.76. The van der Waals surface area contributed by atoms with Gasteiger partial charge in [-0.15, -0.1) is 0 Å². The van der Waals surface area contributed by atoms with E-state index < -0.39 is 5.91 Å². The van der Waals surface area contributed by atoms with Crippen LogP contribution in [-0.2, 0) is 9.53 Å². The van der Waals surface area contributed by atoms with Crippen LogP contribution in [0.15, 0.2) is 0 Å². The van der Waals surface area contributed by atoms with Gasteiger partial charge in [0, 0.05) is 0 Å². The number of amides is 1. The standard InChI is InChI=1S/C4H5NO2/c1-2-7-3-4(5)6/h1H,3H2,(H2,5,6). The smallest absolute Gasteiger partial charge is 0.256 e. The molecule has 1 amide bonds. The first-order chi connectivity index (χ1) is 3.27. The van der Waals surface area contributed by atoms with Crippen LogP contribution in [0.1, 0.15) is 0 Å². The van der Waals surface area contributed by atoms with Crippen LogP contribution in [0.2, 0.25) is 0 Å². The lowest BCUT2D eigenvalue weighted by molar-refractivity contribution is -0.120. The van der Waals surface area contributed by atoms with Gasteiger partial charge >= 0.3 is 0 Å². The van der Waals surface area contributed by atoms with Crippen LogP contribution in [0.3, 0.4) is 0 Å². The summed E-state index contributed by atoms with van der Waals surface area (Å²) in [7, 11) is 0. The molecule has 0 spiro atoms. The molecule has 0 heterocycles. The van der Waals surface area contributed by atoms with E-state index in [1.54, 1.807) is 6.11 Å². The van der Waals surface area contributed by atoms with Crippen molar-refractivity contribution in [3.05, 3.63) is 0 Å². The van der Waals surface area contributed by atoms with E-state index in [-0.39, 0.29) is 6.61 Å². The van der Waals surface area contributed by atoms with E-state index in [9.17, 15) is 4.79 Å². The number of rotatable bonds is 2. The van der Waals surface area contributed by atoms with Crippen LogP contribution in [-0.4, -0.2) is 12.5 Å². The number of carbonyl (C=O) groups excluding carboxylic acids is 1. The van der Waals surface area contributed by atoms with Gasteiger partial charge in [-0.25, -0.2) is 0 Å². The summed E-state index contributed by atoms with van der Waals surface area (Å²) in [4.78, 5) is 9.76. The Balaban J connectivity index is 3.02. The van der Waals surface area contributed by atoms with Crippen molar-refractivity contribution in [1.29, 1.82) is 0 Å². The number of ether oxygens (including phenoxy) is 1. The Labute approximate surface area is 41.4 Å². The lowest BCUT2D eigenvalue weighted by Gasteiger charge is -1.86. The topological polar surface area (TPSA) is 52.3 Å². The lowest BCUT2D eigenvalue weighted by atomic mass is 10.7. The summed E-state index contributed by atoms with van der Waals surface area (Å²) in [5, 5.41) is 0. The second kappa shape index (κ2) is 3.04. The number of hydrogen-bond acceptors (Lipinski definition) is 2. The fourth-order valence-corrected chi connectivity index (χ4v) is 0.113. The van der Waals surface area contributed by atoms with Crippen molar-refractivity contribution in [1.82, 2.24) is 0 Å². The van der Waals surface area contributed by atoms with Gasteiger partial charge in [-0.3, -0.25) is 4.79 Å². The van der Waals surface area contributed by atoms with Crippen molar-refractivity contribution in [3.63, 3.8) is 0 Å². The van der Waals surface area contributed by atoms with Gasteiger partial charge in [0.05, 0.1) is 0 Å². The molecule has 0 aliphatic rings. The summed E-state index contributed by atoms with van der Waals surface area (Å²) in [6.07, 6.45) is 6.40. The van der Waals surface area contributed by atoms with Gasteiger partial charge < -0.3 is 10.5 Å². The Morgan fingerprint density at radius 3 is 2.71 bits per heavy atom. The predicted molar refractivity (Wildman–Crippen MR) is 24.0 cm³/mol. The fourth-order valence-electron chi connectivity index (χ4n) is 0.113. The van der Waals surface area contributed by atoms with E-state index in [2.05, 4.69) is 16.9 Å². The summed E-state index contributed by atoms with van der Waals surface area (Å²) in [6, 6.07) is 0. The average molecular weight is 99.1 g/mol. The molecule has 0 saturated heterocycles. The third kappa shape index (κ3) is 4.83. The van der Waals surface area contributed by atoms with E-state index in [0.717, 1.165) is 0 Å². The van der Waals surface area contributed by atoms with E-state index in [0.29, 0.717) is 0 Å². The van der Waals surface area contributed by atoms with Crippen LogP contribution in [0.4, 0.5) is 0 Å². The third-order valence-electron chi connectivity index (χ3n) is 0.298. The third-order valence-corrected chi connectivity index (χ3v) is 0.298. The highest BCUT2D eigenvalue weighted by Crippen LogP contribution is 1.62. The summed E-state index contributed by atoms with van der Waals surface area (Å²) in [5.41, 5.74) is 4.62. The minimum absolute atomic E-state index is 0.198. The van der Waals surface area contributed by atoms with Gasteiger partial charge in [-0.2, -0.15) is 0 Å². The first-order valence-electron chi connectivity index (χ1n) is 1.63. The van der Waals surface area contributed by atoms with E-state index in [4.69, 9.17) is 0 Å². The summed E-state index contributed by atoms with van der Waals surface area (Å²) < 4.78 is 4.15. The largest absolute Gasteiger partial charge is 0.437 e. The van der Waals surface area contributed by atoms with Crippen LogP contribution in [0.5, 0.6) is 0 Å². The highest BCUT2D eigenvalue weighted by molar-refractivity contribution is 5.75. The van der Waals surface area contributed by atoms with E-state index in [1.165, 1.54) is 0 Å². The Hall–Kier alpha value is -1.17. The molecule has 0 aromatic heterocycles. The van der Waals surface area contributed by atoms with E-state index >= 15 is 0 Å². The molecule has 0 saturated carbocycles. The predicted octanol–water partition coefficient (Wildman–Crippen LogP) is -0.921. The van der Waals surface area contributed by atoms with Crippen molar-refractivity contribution in [2.24, 2.45) is 5.73 Å². The highest BCUT2D eigenvalue weighted by atomic mass is 16.5. The molecule has 2 N–H and O–H groups in total. The average Bonchev–Trinajstić information content (AvgIpc) is 1.61. The molecule has 0 rings (SSSR count). The summed E-state index contributed by atoms with van der Waals surface area (Å²) >= 11 is 0. The molecule has 7 heavy (non-hydrogen) atoms. The maximum absolute atomic E-state index is 9.76. The number of terminal acetylenes is 1. The molecule has 0 aromatic rings. The monoisotopic (exact) mass is 99.0 g/mol. The Morgan fingerprint density at radius 2 is 2.57 bits per heavy atom. The molecule has 0 atom stereocenters. The second-order valence-corrected chi connectivity index (χ2v) is 0.873. The van der Waals surface area contributed by atoms with Crippen molar-refractivity contribution >= 4 is 5.91 Å². The van der Waals surface area contributed by atoms with Crippen LogP contribution >= 0.6 is 0 Å². The van der Waals surface area contributed by atoms with Gasteiger partial charge in [0.15, 0.2) is 6.61 Å². The fraction of sp³-hybridized carbons (Fsp3) is 0.250. The van der Waals surface area contributed by atoms with Crippen molar-refractivity contribution in [3.8, 4) is 12.5 Å². The van der Waals surface area contributed by atoms with Gasteiger partial charge in [0.25, 0.3) is 5.91 Å². The summed E-state index contributed by atoms with van der Waals surface area (Å²) in [5.74, 6) is -0.557. The van der Waals surface area contributed by atoms with Crippen molar-refractivity contribution in [2.75, 3.05) is 6.61 Å². The Bertz CT molecular complexity index is 103. The SMILES string of the molecule is C#COCC(N)=O. The number of carbonyl (C=O) groups is 1. The molecule has 0 unspecified atom stereocenters. The van der Waals surface area contributed by atoms with Gasteiger partial charge in [0.2, 0.25) is 0 Å². The molecule has 3 heteroatoms. The molecular formula is C4H5NO2. The zero-order valence-electron chi connectivity index (χ0n) is 3.68. The minimum Gasteiger partial charge on any atom is -0.437 e. The van der Waals surface area contributed by atoms with Crippen LogP contribution in [0.25, 0.3) is 0 Å². The van der Waals surface area contributed by atoms with Crippen LogP contribution in [0, 0.1) is 12.5 Å². The van der Waals surface area contributed by atoms with Gasteiger partial charge in [-0.05, 0) is 0 Å². The quantitative estimate of drug-likeness (QED) is 0.455. The molecule has 0 bridgehead atoms. The summed E-state index contributed by atoms with van der Waals surface area (Å²) in [6.45, 7) is -0.198. The molecule has 3 nitrogen and oxygen atoms in total. The normalized spacial score (nSPS) is 6.71. The van der Waals surface area contributed by atoms with Gasteiger partial charge in [0.1, 0.15) is 6.11 Å². The molecular weight excluding hydrogens is 94.0 g/mol. The van der Waals surface area contributed by atoms with Gasteiger partial charge in [-0.1, -0.05) is 6.42 Å². The van der Waals surface area contributed by atoms with Crippen molar-refractivity contribution in [2.45, 2.75) is 0 Å². The lowest BCUT2D eigenvalue weighted by Crippen LogP contribution is -2.16. The first kappa shape index (κ1) is 5.83. The second-order valence-electron chi connectivity index (χ2n) is 0.873. The van der Waals surface area contributed by atoms with E-state index in [1.807, 2.05) is 0 Å². The molecule has 0 aliphatic carbocycles. The number of primary amides is 1. The number of nitrogens with two attached hydrogens (primary N) is 1. The first-order valence-corrected chi connectivity index (χ1v) is 1.63. The zero-order chi connectivity index (χ0) is 5.70. The van der Waals surface area contributed by atoms with Crippen molar-refractivity contribution < 1.29 is 9.53 Å². The molecule has 38 valence electrons.